The van der Waals surface area contributed by atoms with Crippen LogP contribution in [0.1, 0.15) is 34.5 Å². The minimum Gasteiger partial charge on any atom is -0.378 e. The number of hydrogen-bond donors (Lipinski definition) is 1. The number of carbonyl (C=O) groups is 1. The fourth-order valence-electron chi connectivity index (χ4n) is 3.19. The van der Waals surface area contributed by atoms with Gasteiger partial charge in [0, 0.05) is 44.1 Å². The molecular formula is C21H24N6O. The van der Waals surface area contributed by atoms with Gasteiger partial charge in [-0.25, -0.2) is 9.50 Å². The van der Waals surface area contributed by atoms with Crippen LogP contribution in [0.15, 0.2) is 30.5 Å². The molecule has 1 N–H and O–H groups in total. The summed E-state index contributed by atoms with van der Waals surface area (Å²) < 4.78 is 1.67. The lowest BCUT2D eigenvalue weighted by atomic mass is 10.1. The molecular weight excluding hydrogens is 352 g/mol. The summed E-state index contributed by atoms with van der Waals surface area (Å²) in [4.78, 5) is 18.8. The lowest BCUT2D eigenvalue weighted by Gasteiger charge is -2.13. The van der Waals surface area contributed by atoms with Crippen molar-refractivity contribution >= 4 is 17.2 Å². The number of aryl methyl sites for hydroxylation is 2. The molecule has 144 valence electrons. The first-order valence-corrected chi connectivity index (χ1v) is 9.17. The van der Waals surface area contributed by atoms with Gasteiger partial charge in [-0.2, -0.15) is 10.4 Å². The Morgan fingerprint density at radius 2 is 1.96 bits per heavy atom. The fourth-order valence-corrected chi connectivity index (χ4v) is 3.19. The first-order valence-electron chi connectivity index (χ1n) is 9.17. The van der Waals surface area contributed by atoms with Gasteiger partial charge in [0.1, 0.15) is 11.6 Å². The van der Waals surface area contributed by atoms with Crippen LogP contribution in [0.5, 0.6) is 0 Å². The molecule has 0 fully saturated rings. The standard InChI is InChI=1S/C21H24N6O/c1-14-19(15(2)27-21(25-14)17(11-22)13-24-27)9-10-20(28)23-12-16-5-7-18(8-6-16)26(3)4/h5-8,13H,9-10,12H2,1-4H3,(H,23,28). The van der Waals surface area contributed by atoms with Crippen molar-refractivity contribution in [2.45, 2.75) is 33.2 Å². The number of hydrogen-bond acceptors (Lipinski definition) is 5. The summed E-state index contributed by atoms with van der Waals surface area (Å²) in [6, 6.07) is 10.2. The van der Waals surface area contributed by atoms with E-state index in [-0.39, 0.29) is 5.91 Å². The van der Waals surface area contributed by atoms with E-state index in [1.165, 1.54) is 6.20 Å². The van der Waals surface area contributed by atoms with Crippen LogP contribution in [0.4, 0.5) is 5.69 Å². The number of rotatable bonds is 6. The van der Waals surface area contributed by atoms with E-state index in [9.17, 15) is 4.79 Å². The Morgan fingerprint density at radius 1 is 1.25 bits per heavy atom. The van der Waals surface area contributed by atoms with Gasteiger partial charge in [-0.15, -0.1) is 0 Å². The van der Waals surface area contributed by atoms with Crippen LogP contribution in [-0.2, 0) is 17.8 Å². The average molecular weight is 376 g/mol. The Labute approximate surface area is 164 Å². The molecule has 0 saturated carbocycles. The molecule has 2 heterocycles. The molecule has 0 aliphatic rings. The highest BCUT2D eigenvalue weighted by molar-refractivity contribution is 5.76. The number of nitriles is 1. The van der Waals surface area contributed by atoms with Gasteiger partial charge in [0.15, 0.2) is 5.65 Å². The SMILES string of the molecule is Cc1nc2c(C#N)cnn2c(C)c1CCC(=O)NCc1ccc(N(C)C)cc1. The monoisotopic (exact) mass is 376 g/mol. The summed E-state index contributed by atoms with van der Waals surface area (Å²) in [6.07, 6.45) is 2.47. The Morgan fingerprint density at radius 3 is 2.61 bits per heavy atom. The second-order valence-electron chi connectivity index (χ2n) is 7.00. The molecule has 1 amide bonds. The molecule has 3 rings (SSSR count). The average Bonchev–Trinajstić information content (AvgIpc) is 3.09. The third-order valence-electron chi connectivity index (χ3n) is 4.87. The van der Waals surface area contributed by atoms with Crippen molar-refractivity contribution in [2.75, 3.05) is 19.0 Å². The minimum absolute atomic E-state index is 0.00578. The molecule has 0 atom stereocenters. The molecule has 3 aromatic rings. The summed E-state index contributed by atoms with van der Waals surface area (Å²) in [5.74, 6) is -0.00578. The predicted molar refractivity (Wildman–Crippen MR) is 108 cm³/mol. The van der Waals surface area contributed by atoms with Crippen molar-refractivity contribution in [3.63, 3.8) is 0 Å². The Kier molecular flexibility index (Phi) is 5.59. The molecule has 1 aromatic carbocycles. The van der Waals surface area contributed by atoms with Gasteiger partial charge in [0.05, 0.1) is 6.20 Å². The quantitative estimate of drug-likeness (QED) is 0.714. The highest BCUT2D eigenvalue weighted by Gasteiger charge is 2.14. The van der Waals surface area contributed by atoms with E-state index in [1.54, 1.807) is 4.52 Å². The smallest absolute Gasteiger partial charge is 0.220 e. The Balaban J connectivity index is 1.62. The van der Waals surface area contributed by atoms with E-state index in [0.29, 0.717) is 30.6 Å². The zero-order chi connectivity index (χ0) is 20.3. The molecule has 7 heteroatoms. The first kappa shape index (κ1) is 19.4. The van der Waals surface area contributed by atoms with Crippen molar-refractivity contribution in [2.24, 2.45) is 0 Å². The molecule has 0 bridgehead atoms. The van der Waals surface area contributed by atoms with Crippen LogP contribution < -0.4 is 10.2 Å². The molecule has 2 aromatic heterocycles. The van der Waals surface area contributed by atoms with Crippen molar-refractivity contribution in [3.8, 4) is 6.07 Å². The van der Waals surface area contributed by atoms with Crippen LogP contribution in [0.2, 0.25) is 0 Å². The molecule has 0 saturated heterocycles. The molecule has 0 unspecified atom stereocenters. The summed E-state index contributed by atoms with van der Waals surface area (Å²) >= 11 is 0. The first-order chi connectivity index (χ1) is 13.4. The van der Waals surface area contributed by atoms with Gasteiger partial charge in [0.25, 0.3) is 0 Å². The van der Waals surface area contributed by atoms with Crippen molar-refractivity contribution in [3.05, 3.63) is 58.5 Å². The number of fused-ring (bicyclic) bond motifs is 1. The van der Waals surface area contributed by atoms with E-state index in [4.69, 9.17) is 5.26 Å². The van der Waals surface area contributed by atoms with Gasteiger partial charge in [-0.3, -0.25) is 4.79 Å². The zero-order valence-electron chi connectivity index (χ0n) is 16.7. The van der Waals surface area contributed by atoms with Crippen molar-refractivity contribution in [1.29, 1.82) is 5.26 Å². The van der Waals surface area contributed by atoms with Gasteiger partial charge in [-0.1, -0.05) is 12.1 Å². The molecule has 0 spiro atoms. The van der Waals surface area contributed by atoms with Crippen LogP contribution in [0.25, 0.3) is 5.65 Å². The summed E-state index contributed by atoms with van der Waals surface area (Å²) in [7, 11) is 3.99. The van der Waals surface area contributed by atoms with E-state index in [1.807, 2.05) is 57.1 Å². The lowest BCUT2D eigenvalue weighted by molar-refractivity contribution is -0.121. The molecule has 28 heavy (non-hydrogen) atoms. The maximum Gasteiger partial charge on any atom is 0.220 e. The third kappa shape index (κ3) is 3.96. The normalized spacial score (nSPS) is 10.7. The van der Waals surface area contributed by atoms with E-state index in [2.05, 4.69) is 21.5 Å². The third-order valence-corrected chi connectivity index (χ3v) is 4.87. The van der Waals surface area contributed by atoms with Crippen LogP contribution in [-0.4, -0.2) is 34.6 Å². The number of anilines is 1. The summed E-state index contributed by atoms with van der Waals surface area (Å²) in [5.41, 5.74) is 5.94. The highest BCUT2D eigenvalue weighted by atomic mass is 16.1. The summed E-state index contributed by atoms with van der Waals surface area (Å²) in [6.45, 7) is 4.35. The second kappa shape index (κ2) is 8.09. The van der Waals surface area contributed by atoms with Gasteiger partial charge >= 0.3 is 0 Å². The number of nitrogens with zero attached hydrogens (tertiary/aromatic N) is 5. The number of aromatic nitrogens is 3. The highest BCUT2D eigenvalue weighted by Crippen LogP contribution is 2.18. The van der Waals surface area contributed by atoms with Crippen LogP contribution >= 0.6 is 0 Å². The van der Waals surface area contributed by atoms with Gasteiger partial charge in [-0.05, 0) is 43.5 Å². The maximum atomic E-state index is 12.3. The molecule has 0 aliphatic heterocycles. The molecule has 7 nitrogen and oxygen atoms in total. The Bertz CT molecular complexity index is 1040. The van der Waals surface area contributed by atoms with Gasteiger partial charge < -0.3 is 10.2 Å². The molecule has 0 aliphatic carbocycles. The maximum absolute atomic E-state index is 12.3. The van der Waals surface area contributed by atoms with E-state index >= 15 is 0 Å². The number of carbonyl (C=O) groups excluding carboxylic acids is 1. The van der Waals surface area contributed by atoms with Crippen molar-refractivity contribution in [1.82, 2.24) is 19.9 Å². The van der Waals surface area contributed by atoms with Gasteiger partial charge in [0.2, 0.25) is 5.91 Å². The minimum atomic E-state index is -0.00578. The van der Waals surface area contributed by atoms with Crippen molar-refractivity contribution < 1.29 is 4.79 Å². The number of amides is 1. The fraction of sp³-hybridized carbons (Fsp3) is 0.333. The molecule has 0 radical (unpaired) electrons. The second-order valence-corrected chi connectivity index (χ2v) is 7.00. The predicted octanol–water partition coefficient (Wildman–Crippen LogP) is 2.53. The summed E-state index contributed by atoms with van der Waals surface area (Å²) in [5, 5.41) is 16.4. The lowest BCUT2D eigenvalue weighted by Crippen LogP contribution is -2.23. The number of benzene rings is 1. The largest absolute Gasteiger partial charge is 0.378 e. The van der Waals surface area contributed by atoms with Crippen LogP contribution in [0.3, 0.4) is 0 Å². The number of nitrogens with one attached hydrogen (secondary N) is 1. The Hall–Kier alpha value is -3.40. The zero-order valence-corrected chi connectivity index (χ0v) is 16.7. The van der Waals surface area contributed by atoms with E-state index < -0.39 is 0 Å². The van der Waals surface area contributed by atoms with E-state index in [0.717, 1.165) is 28.2 Å². The van der Waals surface area contributed by atoms with Crippen LogP contribution in [0, 0.1) is 25.2 Å². The topological polar surface area (TPSA) is 86.3 Å².